The van der Waals surface area contributed by atoms with Crippen molar-refractivity contribution < 1.29 is 14.2 Å². The highest BCUT2D eigenvalue weighted by Crippen LogP contribution is 2.35. The van der Waals surface area contributed by atoms with Gasteiger partial charge in [0.25, 0.3) is 0 Å². The first-order valence-corrected chi connectivity index (χ1v) is 9.25. The molecule has 1 unspecified atom stereocenters. The SMILES string of the molecule is COc1ccc(-c2cc(C)nn2-c2ccccc2C)cc1OC1CCCO1. The van der Waals surface area contributed by atoms with Crippen molar-refractivity contribution in [3.05, 3.63) is 59.8 Å². The maximum absolute atomic E-state index is 6.06. The second-order valence-corrected chi connectivity index (χ2v) is 6.80. The summed E-state index contributed by atoms with van der Waals surface area (Å²) in [6.07, 6.45) is 1.71. The van der Waals surface area contributed by atoms with E-state index in [9.17, 15) is 0 Å². The molecule has 1 aliphatic heterocycles. The fourth-order valence-corrected chi connectivity index (χ4v) is 3.40. The molecule has 2 heterocycles. The Balaban J connectivity index is 1.76. The van der Waals surface area contributed by atoms with Gasteiger partial charge in [-0.1, -0.05) is 18.2 Å². The summed E-state index contributed by atoms with van der Waals surface area (Å²) in [7, 11) is 1.65. The maximum Gasteiger partial charge on any atom is 0.200 e. The summed E-state index contributed by atoms with van der Waals surface area (Å²) in [5.74, 6) is 1.39. The van der Waals surface area contributed by atoms with E-state index in [-0.39, 0.29) is 6.29 Å². The molecule has 0 aliphatic carbocycles. The van der Waals surface area contributed by atoms with Gasteiger partial charge in [-0.15, -0.1) is 0 Å². The van der Waals surface area contributed by atoms with Crippen LogP contribution in [0.1, 0.15) is 24.1 Å². The van der Waals surface area contributed by atoms with E-state index >= 15 is 0 Å². The minimum absolute atomic E-state index is 0.211. The Kier molecular flexibility index (Phi) is 4.86. The van der Waals surface area contributed by atoms with Gasteiger partial charge in [-0.25, -0.2) is 4.68 Å². The maximum atomic E-state index is 6.06. The monoisotopic (exact) mass is 364 g/mol. The molecule has 4 rings (SSSR count). The standard InChI is InChI=1S/C22H24N2O3/c1-15-7-4-5-8-18(15)24-19(13-16(2)23-24)17-10-11-20(25-3)21(14-17)27-22-9-6-12-26-22/h4-5,7-8,10-11,13-14,22H,6,9,12H2,1-3H3. The average Bonchev–Trinajstić information content (AvgIpc) is 3.31. The second-order valence-electron chi connectivity index (χ2n) is 6.80. The molecule has 5 nitrogen and oxygen atoms in total. The molecule has 0 saturated carbocycles. The largest absolute Gasteiger partial charge is 0.493 e. The highest BCUT2D eigenvalue weighted by molar-refractivity contribution is 5.67. The smallest absolute Gasteiger partial charge is 0.200 e. The lowest BCUT2D eigenvalue weighted by Crippen LogP contribution is -2.14. The van der Waals surface area contributed by atoms with Crippen LogP contribution in [-0.2, 0) is 4.74 Å². The quantitative estimate of drug-likeness (QED) is 0.659. The molecule has 0 N–H and O–H groups in total. The van der Waals surface area contributed by atoms with Crippen LogP contribution in [0, 0.1) is 13.8 Å². The molecule has 1 atom stereocenters. The zero-order valence-corrected chi connectivity index (χ0v) is 15.9. The molecule has 140 valence electrons. The number of aromatic nitrogens is 2. The summed E-state index contributed by atoms with van der Waals surface area (Å²) in [5.41, 5.74) is 5.24. The van der Waals surface area contributed by atoms with Crippen LogP contribution in [0.25, 0.3) is 16.9 Å². The van der Waals surface area contributed by atoms with Gasteiger partial charge in [-0.05, 0) is 56.2 Å². The molecule has 0 bridgehead atoms. The molecule has 1 aliphatic rings. The van der Waals surface area contributed by atoms with Crippen molar-refractivity contribution in [3.8, 4) is 28.4 Å². The van der Waals surface area contributed by atoms with Gasteiger partial charge in [0, 0.05) is 12.0 Å². The van der Waals surface area contributed by atoms with Crippen molar-refractivity contribution >= 4 is 0 Å². The van der Waals surface area contributed by atoms with Gasteiger partial charge in [0.05, 0.1) is 30.8 Å². The number of para-hydroxylation sites is 1. The summed E-state index contributed by atoms with van der Waals surface area (Å²) in [6, 6.07) is 16.3. The summed E-state index contributed by atoms with van der Waals surface area (Å²) in [5, 5.41) is 4.71. The van der Waals surface area contributed by atoms with Crippen LogP contribution in [0.2, 0.25) is 0 Å². The van der Waals surface area contributed by atoms with Crippen LogP contribution in [0.5, 0.6) is 11.5 Å². The van der Waals surface area contributed by atoms with Crippen molar-refractivity contribution in [1.29, 1.82) is 0 Å². The van der Waals surface area contributed by atoms with Crippen molar-refractivity contribution in [3.63, 3.8) is 0 Å². The van der Waals surface area contributed by atoms with Crippen LogP contribution in [-0.4, -0.2) is 29.8 Å². The molecule has 27 heavy (non-hydrogen) atoms. The average molecular weight is 364 g/mol. The van der Waals surface area contributed by atoms with Gasteiger partial charge in [0.1, 0.15) is 0 Å². The molecule has 2 aromatic carbocycles. The molecule has 0 radical (unpaired) electrons. The van der Waals surface area contributed by atoms with Gasteiger partial charge >= 0.3 is 0 Å². The van der Waals surface area contributed by atoms with Gasteiger partial charge in [-0.3, -0.25) is 0 Å². The topological polar surface area (TPSA) is 45.5 Å². The van der Waals surface area contributed by atoms with Crippen molar-refractivity contribution in [2.75, 3.05) is 13.7 Å². The van der Waals surface area contributed by atoms with Gasteiger partial charge in [0.2, 0.25) is 0 Å². The van der Waals surface area contributed by atoms with E-state index in [2.05, 4.69) is 25.1 Å². The molecule has 5 heteroatoms. The third kappa shape index (κ3) is 3.55. The van der Waals surface area contributed by atoms with E-state index in [1.165, 1.54) is 5.56 Å². The van der Waals surface area contributed by atoms with Crippen molar-refractivity contribution in [2.45, 2.75) is 33.0 Å². The molecular weight excluding hydrogens is 340 g/mol. The molecule has 1 aromatic heterocycles. The number of hydrogen-bond acceptors (Lipinski definition) is 4. The van der Waals surface area contributed by atoms with Crippen LogP contribution in [0.4, 0.5) is 0 Å². The summed E-state index contributed by atoms with van der Waals surface area (Å²) in [4.78, 5) is 0. The third-order valence-electron chi connectivity index (χ3n) is 4.78. The Hall–Kier alpha value is -2.79. The number of methoxy groups -OCH3 is 1. The number of ether oxygens (including phenoxy) is 3. The molecule has 1 saturated heterocycles. The zero-order valence-electron chi connectivity index (χ0n) is 15.9. The Labute approximate surface area is 159 Å². The Bertz CT molecular complexity index is 942. The Morgan fingerprint density at radius 3 is 2.67 bits per heavy atom. The lowest BCUT2D eigenvalue weighted by molar-refractivity contribution is -0.0402. The first kappa shape index (κ1) is 17.6. The molecule has 1 fully saturated rings. The van der Waals surface area contributed by atoms with E-state index in [0.717, 1.165) is 42.1 Å². The van der Waals surface area contributed by atoms with Crippen LogP contribution in [0.15, 0.2) is 48.5 Å². The van der Waals surface area contributed by atoms with E-state index in [4.69, 9.17) is 19.3 Å². The van der Waals surface area contributed by atoms with E-state index < -0.39 is 0 Å². The van der Waals surface area contributed by atoms with Crippen LogP contribution >= 0.6 is 0 Å². The normalized spacial score (nSPS) is 16.5. The van der Waals surface area contributed by atoms with Crippen molar-refractivity contribution in [2.24, 2.45) is 0 Å². The highest BCUT2D eigenvalue weighted by atomic mass is 16.7. The predicted octanol–water partition coefficient (Wildman–Crippen LogP) is 4.68. The lowest BCUT2D eigenvalue weighted by Gasteiger charge is -2.17. The molecule has 3 aromatic rings. The van der Waals surface area contributed by atoms with E-state index in [1.54, 1.807) is 7.11 Å². The third-order valence-corrected chi connectivity index (χ3v) is 4.78. The van der Waals surface area contributed by atoms with Crippen LogP contribution < -0.4 is 9.47 Å². The highest BCUT2D eigenvalue weighted by Gasteiger charge is 2.20. The summed E-state index contributed by atoms with van der Waals surface area (Å²) in [6.45, 7) is 4.84. The van der Waals surface area contributed by atoms with Gasteiger partial charge in [-0.2, -0.15) is 5.10 Å². The Morgan fingerprint density at radius 2 is 1.93 bits per heavy atom. The Morgan fingerprint density at radius 1 is 1.07 bits per heavy atom. The molecular formula is C22H24N2O3. The first-order chi connectivity index (χ1) is 13.2. The van der Waals surface area contributed by atoms with E-state index in [1.807, 2.05) is 41.9 Å². The van der Waals surface area contributed by atoms with Gasteiger partial charge in [0.15, 0.2) is 17.8 Å². The number of benzene rings is 2. The minimum Gasteiger partial charge on any atom is -0.493 e. The fraction of sp³-hybridized carbons (Fsp3) is 0.318. The summed E-state index contributed by atoms with van der Waals surface area (Å²) >= 11 is 0. The fourth-order valence-electron chi connectivity index (χ4n) is 3.40. The minimum atomic E-state index is -0.211. The first-order valence-electron chi connectivity index (χ1n) is 9.25. The molecule has 0 spiro atoms. The number of aryl methyl sites for hydroxylation is 2. The predicted molar refractivity (Wildman–Crippen MR) is 105 cm³/mol. The lowest BCUT2D eigenvalue weighted by atomic mass is 10.1. The second kappa shape index (κ2) is 7.45. The molecule has 0 amide bonds. The van der Waals surface area contributed by atoms with Crippen molar-refractivity contribution in [1.82, 2.24) is 9.78 Å². The van der Waals surface area contributed by atoms with Gasteiger partial charge < -0.3 is 14.2 Å². The van der Waals surface area contributed by atoms with Crippen LogP contribution in [0.3, 0.4) is 0 Å². The number of hydrogen-bond donors (Lipinski definition) is 0. The summed E-state index contributed by atoms with van der Waals surface area (Å²) < 4.78 is 19.1. The number of rotatable bonds is 5. The number of nitrogens with zero attached hydrogens (tertiary/aromatic N) is 2. The van der Waals surface area contributed by atoms with E-state index in [0.29, 0.717) is 11.5 Å². The zero-order chi connectivity index (χ0) is 18.8.